The third-order valence-corrected chi connectivity index (χ3v) is 3.35. The van der Waals surface area contributed by atoms with E-state index in [0.29, 0.717) is 6.54 Å². The van der Waals surface area contributed by atoms with Crippen LogP contribution < -0.4 is 0 Å². The molecule has 2 aromatic carbocycles. The van der Waals surface area contributed by atoms with Crippen LogP contribution in [0.2, 0.25) is 0 Å². The van der Waals surface area contributed by atoms with Crippen LogP contribution in [0.3, 0.4) is 0 Å². The van der Waals surface area contributed by atoms with Crippen molar-refractivity contribution in [1.29, 1.82) is 0 Å². The molecule has 0 saturated carbocycles. The molecule has 0 bridgehead atoms. The number of phenolic OH excluding ortho intramolecular Hbond substituents is 4. The summed E-state index contributed by atoms with van der Waals surface area (Å²) >= 11 is 0. The summed E-state index contributed by atoms with van der Waals surface area (Å²) in [6.07, 6.45) is 0. The van der Waals surface area contributed by atoms with Gasteiger partial charge in [-0.25, -0.2) is 0 Å². The lowest BCUT2D eigenvalue weighted by Gasteiger charge is -2.22. The molecule has 0 radical (unpaired) electrons. The summed E-state index contributed by atoms with van der Waals surface area (Å²) in [7, 11) is 3.85. The number of benzene rings is 2. The Morgan fingerprint density at radius 1 is 0.762 bits per heavy atom. The minimum absolute atomic E-state index is 0.113. The lowest BCUT2D eigenvalue weighted by molar-refractivity contribution is 0.384. The van der Waals surface area contributed by atoms with Gasteiger partial charge in [0.2, 0.25) is 0 Å². The highest BCUT2D eigenvalue weighted by molar-refractivity contribution is 5.47. The molecule has 5 heteroatoms. The van der Waals surface area contributed by atoms with E-state index in [2.05, 4.69) is 0 Å². The topological polar surface area (TPSA) is 84.2 Å². The Bertz CT molecular complexity index is 589. The maximum Gasteiger partial charge on any atom is 0.157 e. The fourth-order valence-corrected chi connectivity index (χ4v) is 2.28. The average Bonchev–Trinajstić information content (AvgIpc) is 2.42. The number of phenols is 4. The van der Waals surface area contributed by atoms with Gasteiger partial charge in [0, 0.05) is 12.5 Å². The highest BCUT2D eigenvalue weighted by atomic mass is 16.3. The van der Waals surface area contributed by atoms with Gasteiger partial charge >= 0.3 is 0 Å². The van der Waals surface area contributed by atoms with Gasteiger partial charge in [0.05, 0.1) is 0 Å². The zero-order valence-corrected chi connectivity index (χ0v) is 12.0. The predicted octanol–water partition coefficient (Wildman–Crippen LogP) is 2.20. The van der Waals surface area contributed by atoms with Crippen LogP contribution in [0.15, 0.2) is 36.4 Å². The molecule has 0 fully saturated rings. The molecule has 4 N–H and O–H groups in total. The van der Waals surface area contributed by atoms with Crippen LogP contribution in [-0.2, 0) is 0 Å². The first-order valence-electron chi connectivity index (χ1n) is 6.57. The molecule has 2 rings (SSSR count). The summed E-state index contributed by atoms with van der Waals surface area (Å²) in [4.78, 5) is 1.98. The number of aromatic hydroxyl groups is 4. The van der Waals surface area contributed by atoms with E-state index < -0.39 is 0 Å². The van der Waals surface area contributed by atoms with E-state index >= 15 is 0 Å². The van der Waals surface area contributed by atoms with Crippen LogP contribution in [-0.4, -0.2) is 46.0 Å². The summed E-state index contributed by atoms with van der Waals surface area (Å²) in [6, 6.07) is 9.35. The fourth-order valence-electron chi connectivity index (χ4n) is 2.28. The van der Waals surface area contributed by atoms with E-state index in [1.54, 1.807) is 12.1 Å². The quantitative estimate of drug-likeness (QED) is 0.649. The normalized spacial score (nSPS) is 11.2. The molecule has 0 aromatic heterocycles. The molecule has 2 aromatic rings. The van der Waals surface area contributed by atoms with Crippen LogP contribution in [0.1, 0.15) is 17.0 Å². The van der Waals surface area contributed by atoms with Gasteiger partial charge in [-0.05, 0) is 49.5 Å². The van der Waals surface area contributed by atoms with Crippen molar-refractivity contribution in [3.05, 3.63) is 47.5 Å². The van der Waals surface area contributed by atoms with Gasteiger partial charge in [-0.15, -0.1) is 0 Å². The Balaban J connectivity index is 2.46. The zero-order valence-electron chi connectivity index (χ0n) is 12.0. The summed E-state index contributed by atoms with van der Waals surface area (Å²) in [6.45, 7) is 0.647. The first kappa shape index (κ1) is 15.0. The molecule has 0 atom stereocenters. The lowest BCUT2D eigenvalue weighted by atomic mass is 9.90. The molecule has 5 nitrogen and oxygen atoms in total. The lowest BCUT2D eigenvalue weighted by Crippen LogP contribution is -2.21. The van der Waals surface area contributed by atoms with E-state index in [1.165, 1.54) is 24.3 Å². The molecule has 112 valence electrons. The van der Waals surface area contributed by atoms with E-state index in [-0.39, 0.29) is 28.9 Å². The largest absolute Gasteiger partial charge is 0.504 e. The molecule has 0 aliphatic rings. The Morgan fingerprint density at radius 2 is 1.19 bits per heavy atom. The summed E-state index contributed by atoms with van der Waals surface area (Å²) < 4.78 is 0. The first-order valence-corrected chi connectivity index (χ1v) is 6.57. The van der Waals surface area contributed by atoms with Crippen molar-refractivity contribution >= 4 is 0 Å². The van der Waals surface area contributed by atoms with Gasteiger partial charge < -0.3 is 25.3 Å². The Kier molecular flexibility index (Phi) is 4.23. The second-order valence-corrected chi connectivity index (χ2v) is 5.31. The van der Waals surface area contributed by atoms with E-state index in [0.717, 1.165) is 11.1 Å². The van der Waals surface area contributed by atoms with Crippen LogP contribution in [0, 0.1) is 0 Å². The first-order chi connectivity index (χ1) is 9.88. The SMILES string of the molecule is CN(C)CC(c1ccc(O)c(O)c1)c1ccc(O)c(O)c1. The maximum atomic E-state index is 9.68. The number of hydrogen-bond donors (Lipinski definition) is 4. The zero-order chi connectivity index (χ0) is 15.6. The van der Waals surface area contributed by atoms with Gasteiger partial charge in [0.15, 0.2) is 23.0 Å². The molecule has 0 heterocycles. The Morgan fingerprint density at radius 3 is 1.52 bits per heavy atom. The number of nitrogens with zero attached hydrogens (tertiary/aromatic N) is 1. The summed E-state index contributed by atoms with van der Waals surface area (Å²) in [5.74, 6) is -0.816. The molecular formula is C16H19NO4. The van der Waals surface area contributed by atoms with E-state index in [4.69, 9.17) is 0 Å². The van der Waals surface area contributed by atoms with E-state index in [9.17, 15) is 20.4 Å². The van der Waals surface area contributed by atoms with Gasteiger partial charge in [0.1, 0.15) is 0 Å². The monoisotopic (exact) mass is 289 g/mol. The fraction of sp³-hybridized carbons (Fsp3) is 0.250. The van der Waals surface area contributed by atoms with Crippen molar-refractivity contribution in [2.75, 3.05) is 20.6 Å². The highest BCUT2D eigenvalue weighted by Gasteiger charge is 2.18. The molecule has 0 aliphatic carbocycles. The van der Waals surface area contributed by atoms with Crippen molar-refractivity contribution < 1.29 is 20.4 Å². The van der Waals surface area contributed by atoms with Crippen molar-refractivity contribution in [2.45, 2.75) is 5.92 Å². The Labute approximate surface area is 123 Å². The molecular weight excluding hydrogens is 270 g/mol. The summed E-state index contributed by atoms with van der Waals surface area (Å²) in [5.41, 5.74) is 1.62. The minimum Gasteiger partial charge on any atom is -0.504 e. The van der Waals surface area contributed by atoms with Gasteiger partial charge in [-0.1, -0.05) is 12.1 Å². The molecule has 0 amide bonds. The predicted molar refractivity (Wildman–Crippen MR) is 79.9 cm³/mol. The molecule has 0 spiro atoms. The Hall–Kier alpha value is -2.40. The smallest absolute Gasteiger partial charge is 0.157 e. The standard InChI is InChI=1S/C16H19NO4/c1-17(2)9-12(10-3-5-13(18)15(20)7-10)11-4-6-14(19)16(21)8-11/h3-8,12,18-21H,9H2,1-2H3. The second-order valence-electron chi connectivity index (χ2n) is 5.31. The van der Waals surface area contributed by atoms with Crippen LogP contribution >= 0.6 is 0 Å². The maximum absolute atomic E-state index is 9.68. The van der Waals surface area contributed by atoms with Crippen molar-refractivity contribution in [2.24, 2.45) is 0 Å². The number of hydrogen-bond acceptors (Lipinski definition) is 5. The third-order valence-electron chi connectivity index (χ3n) is 3.35. The molecule has 0 saturated heterocycles. The molecule has 0 unspecified atom stereocenters. The summed E-state index contributed by atoms with van der Waals surface area (Å²) in [5, 5.41) is 38.2. The van der Waals surface area contributed by atoms with Crippen molar-refractivity contribution in [3.8, 4) is 23.0 Å². The van der Waals surface area contributed by atoms with Crippen LogP contribution in [0.25, 0.3) is 0 Å². The highest BCUT2D eigenvalue weighted by Crippen LogP contribution is 2.35. The van der Waals surface area contributed by atoms with Crippen LogP contribution in [0.4, 0.5) is 0 Å². The van der Waals surface area contributed by atoms with Crippen LogP contribution in [0.5, 0.6) is 23.0 Å². The average molecular weight is 289 g/mol. The number of likely N-dealkylation sites (N-methyl/N-ethyl adjacent to an activating group) is 1. The molecule has 21 heavy (non-hydrogen) atoms. The van der Waals surface area contributed by atoms with Gasteiger partial charge in [-0.3, -0.25) is 0 Å². The number of rotatable bonds is 4. The third kappa shape index (κ3) is 3.38. The minimum atomic E-state index is -0.181. The van der Waals surface area contributed by atoms with Crippen molar-refractivity contribution in [3.63, 3.8) is 0 Å². The van der Waals surface area contributed by atoms with Gasteiger partial charge in [-0.2, -0.15) is 0 Å². The van der Waals surface area contributed by atoms with Crippen molar-refractivity contribution in [1.82, 2.24) is 4.90 Å². The van der Waals surface area contributed by atoms with E-state index in [1.807, 2.05) is 19.0 Å². The molecule has 0 aliphatic heterocycles. The second kappa shape index (κ2) is 5.93. The van der Waals surface area contributed by atoms with Gasteiger partial charge in [0.25, 0.3) is 0 Å².